The van der Waals surface area contributed by atoms with E-state index in [9.17, 15) is 9.59 Å². The van der Waals surface area contributed by atoms with Gasteiger partial charge in [-0.2, -0.15) is 4.80 Å². The Labute approximate surface area is 181 Å². The predicted octanol–water partition coefficient (Wildman–Crippen LogP) is 3.50. The van der Waals surface area contributed by atoms with E-state index in [0.29, 0.717) is 18.3 Å². The minimum Gasteiger partial charge on any atom is -0.478 e. The van der Waals surface area contributed by atoms with E-state index in [1.54, 1.807) is 12.1 Å². The number of carbonyl (C=O) groups is 2. The van der Waals surface area contributed by atoms with Crippen molar-refractivity contribution < 1.29 is 14.7 Å². The van der Waals surface area contributed by atoms with Gasteiger partial charge < -0.3 is 10.4 Å². The minimum atomic E-state index is -0.979. The third-order valence-electron chi connectivity index (χ3n) is 5.09. The zero-order valence-electron chi connectivity index (χ0n) is 18.2. The van der Waals surface area contributed by atoms with E-state index in [1.165, 1.54) is 22.5 Å². The second kappa shape index (κ2) is 9.07. The Hall–Kier alpha value is -3.55. The molecule has 2 N–H and O–H groups in total. The maximum atomic E-state index is 12.7. The molecule has 3 rings (SSSR count). The van der Waals surface area contributed by atoms with Crippen LogP contribution in [0.15, 0.2) is 48.5 Å². The Morgan fingerprint density at radius 1 is 1.06 bits per heavy atom. The fraction of sp³-hybridized carbons (Fsp3) is 0.348. The zero-order valence-corrected chi connectivity index (χ0v) is 18.2. The lowest BCUT2D eigenvalue weighted by Gasteiger charge is -2.22. The Balaban J connectivity index is 1.60. The number of tetrazole rings is 1. The lowest BCUT2D eigenvalue weighted by Crippen LogP contribution is -2.39. The SMILES string of the molecule is CC(C)c1ccc(-c2nnn(CC(C)(C)C(=O)NCc3ccc(C(=O)O)cc3)n2)cc1. The van der Waals surface area contributed by atoms with Crippen LogP contribution in [-0.2, 0) is 17.9 Å². The zero-order chi connectivity index (χ0) is 22.6. The smallest absolute Gasteiger partial charge is 0.335 e. The summed E-state index contributed by atoms with van der Waals surface area (Å²) in [5.41, 5.74) is 2.39. The highest BCUT2D eigenvalue weighted by Gasteiger charge is 2.29. The lowest BCUT2D eigenvalue weighted by molar-refractivity contribution is -0.130. The van der Waals surface area contributed by atoms with E-state index in [0.717, 1.165) is 11.1 Å². The number of hydrogen-bond donors (Lipinski definition) is 2. The molecule has 0 unspecified atom stereocenters. The van der Waals surface area contributed by atoms with Crippen LogP contribution in [0.25, 0.3) is 11.4 Å². The van der Waals surface area contributed by atoms with Gasteiger partial charge in [-0.1, -0.05) is 50.2 Å². The van der Waals surface area contributed by atoms with Crippen LogP contribution in [0.5, 0.6) is 0 Å². The molecule has 1 heterocycles. The summed E-state index contributed by atoms with van der Waals surface area (Å²) < 4.78 is 0. The number of carboxylic acids is 1. The van der Waals surface area contributed by atoms with Crippen molar-refractivity contribution in [3.63, 3.8) is 0 Å². The summed E-state index contributed by atoms with van der Waals surface area (Å²) in [7, 11) is 0. The van der Waals surface area contributed by atoms with Crippen LogP contribution in [0.1, 0.15) is 55.1 Å². The van der Waals surface area contributed by atoms with E-state index in [4.69, 9.17) is 5.11 Å². The number of aromatic nitrogens is 4. The Bertz CT molecular complexity index is 1050. The highest BCUT2D eigenvalue weighted by molar-refractivity contribution is 5.87. The van der Waals surface area contributed by atoms with Gasteiger partial charge in [-0.25, -0.2) is 4.79 Å². The maximum Gasteiger partial charge on any atom is 0.335 e. The first-order chi connectivity index (χ1) is 14.7. The first kappa shape index (κ1) is 22.1. The van der Waals surface area contributed by atoms with Crippen LogP contribution in [0, 0.1) is 5.41 Å². The van der Waals surface area contributed by atoms with Gasteiger partial charge in [0.25, 0.3) is 0 Å². The molecular weight excluding hydrogens is 394 g/mol. The molecule has 1 amide bonds. The molecule has 0 saturated carbocycles. The molecule has 0 saturated heterocycles. The third-order valence-corrected chi connectivity index (χ3v) is 5.09. The number of rotatable bonds is 8. The van der Waals surface area contributed by atoms with Gasteiger partial charge >= 0.3 is 5.97 Å². The fourth-order valence-corrected chi connectivity index (χ4v) is 3.06. The molecule has 8 nitrogen and oxygen atoms in total. The van der Waals surface area contributed by atoms with Crippen LogP contribution in [0.4, 0.5) is 0 Å². The van der Waals surface area contributed by atoms with Gasteiger partial charge in [0.05, 0.1) is 17.5 Å². The molecule has 0 aliphatic heterocycles. The van der Waals surface area contributed by atoms with Gasteiger partial charge in [0.15, 0.2) is 0 Å². The van der Waals surface area contributed by atoms with E-state index >= 15 is 0 Å². The van der Waals surface area contributed by atoms with Crippen LogP contribution < -0.4 is 5.32 Å². The summed E-state index contributed by atoms with van der Waals surface area (Å²) in [5, 5.41) is 24.5. The average Bonchev–Trinajstić information content (AvgIpc) is 3.20. The third kappa shape index (κ3) is 5.53. The van der Waals surface area contributed by atoms with Crippen molar-refractivity contribution in [2.24, 2.45) is 5.41 Å². The lowest BCUT2D eigenvalue weighted by atomic mass is 9.92. The highest BCUT2D eigenvalue weighted by atomic mass is 16.4. The van der Waals surface area contributed by atoms with Crippen molar-refractivity contribution in [2.75, 3.05) is 0 Å². The van der Waals surface area contributed by atoms with Crippen LogP contribution in [0.3, 0.4) is 0 Å². The van der Waals surface area contributed by atoms with Crippen molar-refractivity contribution in [3.05, 3.63) is 65.2 Å². The van der Waals surface area contributed by atoms with Crippen molar-refractivity contribution >= 4 is 11.9 Å². The summed E-state index contributed by atoms with van der Waals surface area (Å²) in [4.78, 5) is 25.1. The van der Waals surface area contributed by atoms with Gasteiger partial charge in [-0.3, -0.25) is 4.79 Å². The van der Waals surface area contributed by atoms with Crippen molar-refractivity contribution in [1.82, 2.24) is 25.5 Å². The first-order valence-corrected chi connectivity index (χ1v) is 10.1. The van der Waals surface area contributed by atoms with Crippen LogP contribution in [0.2, 0.25) is 0 Å². The molecule has 0 bridgehead atoms. The monoisotopic (exact) mass is 421 g/mol. The highest BCUT2D eigenvalue weighted by Crippen LogP contribution is 2.21. The van der Waals surface area contributed by atoms with E-state index in [1.807, 2.05) is 26.0 Å². The molecule has 0 fully saturated rings. The van der Waals surface area contributed by atoms with Gasteiger partial charge in [0, 0.05) is 12.1 Å². The molecule has 31 heavy (non-hydrogen) atoms. The Kier molecular flexibility index (Phi) is 6.48. The number of aromatic carboxylic acids is 1. The molecule has 0 aliphatic rings. The van der Waals surface area contributed by atoms with E-state index < -0.39 is 11.4 Å². The molecule has 0 atom stereocenters. The van der Waals surface area contributed by atoms with Crippen LogP contribution in [-0.4, -0.2) is 37.2 Å². The molecule has 0 spiro atoms. The maximum absolute atomic E-state index is 12.7. The number of benzene rings is 2. The van der Waals surface area contributed by atoms with Gasteiger partial charge in [0.1, 0.15) is 0 Å². The number of nitrogens with zero attached hydrogens (tertiary/aromatic N) is 4. The first-order valence-electron chi connectivity index (χ1n) is 10.1. The molecule has 3 aromatic rings. The molecule has 162 valence electrons. The fourth-order valence-electron chi connectivity index (χ4n) is 3.06. The second-order valence-electron chi connectivity index (χ2n) is 8.49. The van der Waals surface area contributed by atoms with Gasteiger partial charge in [-0.15, -0.1) is 10.2 Å². The quantitative estimate of drug-likeness (QED) is 0.576. The topological polar surface area (TPSA) is 110 Å². The predicted molar refractivity (Wildman–Crippen MR) is 116 cm³/mol. The number of nitrogens with one attached hydrogen (secondary N) is 1. The van der Waals surface area contributed by atoms with E-state index in [2.05, 4.69) is 46.7 Å². The molecule has 2 aromatic carbocycles. The molecule has 0 aliphatic carbocycles. The standard InChI is InChI=1S/C23H27N5O3/c1-15(2)17-9-11-18(12-10-17)20-25-27-28(26-20)14-23(3,4)22(31)24-13-16-5-7-19(8-6-16)21(29)30/h5-12,15H,13-14H2,1-4H3,(H,24,31)(H,29,30). The minimum absolute atomic E-state index is 0.157. The summed E-state index contributed by atoms with van der Waals surface area (Å²) in [6, 6.07) is 14.5. The van der Waals surface area contributed by atoms with Crippen molar-refractivity contribution in [1.29, 1.82) is 0 Å². The normalized spacial score (nSPS) is 11.5. The summed E-state index contributed by atoms with van der Waals surface area (Å²) in [6.45, 7) is 8.49. The van der Waals surface area contributed by atoms with E-state index in [-0.39, 0.29) is 18.0 Å². The van der Waals surface area contributed by atoms with Crippen molar-refractivity contribution in [3.8, 4) is 11.4 Å². The molecule has 0 radical (unpaired) electrons. The van der Waals surface area contributed by atoms with Crippen molar-refractivity contribution in [2.45, 2.75) is 46.7 Å². The number of carbonyl (C=O) groups excluding carboxylic acids is 1. The Morgan fingerprint density at radius 3 is 2.29 bits per heavy atom. The molecule has 1 aromatic heterocycles. The average molecular weight is 422 g/mol. The summed E-state index contributed by atoms with van der Waals surface area (Å²) in [6.07, 6.45) is 0. The number of hydrogen-bond acceptors (Lipinski definition) is 5. The number of carboxylic acid groups (broad SMARTS) is 1. The van der Waals surface area contributed by atoms with Gasteiger partial charge in [0.2, 0.25) is 11.7 Å². The second-order valence-corrected chi connectivity index (χ2v) is 8.49. The molecule has 8 heteroatoms. The Morgan fingerprint density at radius 2 is 1.71 bits per heavy atom. The van der Waals surface area contributed by atoms with Crippen LogP contribution >= 0.6 is 0 Å². The summed E-state index contributed by atoms with van der Waals surface area (Å²) in [5.74, 6) is -0.167. The summed E-state index contributed by atoms with van der Waals surface area (Å²) >= 11 is 0. The largest absolute Gasteiger partial charge is 0.478 e. The van der Waals surface area contributed by atoms with Gasteiger partial charge in [-0.05, 0) is 48.2 Å². The number of amides is 1. The molecular formula is C23H27N5O3.